The molecule has 19 heavy (non-hydrogen) atoms. The van der Waals surface area contributed by atoms with Crippen molar-refractivity contribution in [2.45, 2.75) is 18.1 Å². The molecule has 0 fully saturated rings. The molecule has 100 valence electrons. The van der Waals surface area contributed by atoms with Crippen molar-refractivity contribution in [2.75, 3.05) is 6.26 Å². The molecule has 0 aliphatic heterocycles. The Morgan fingerprint density at radius 1 is 1.37 bits per heavy atom. The number of carbonyl (C=O) groups is 1. The summed E-state index contributed by atoms with van der Waals surface area (Å²) in [6.45, 7) is 2.20. The van der Waals surface area contributed by atoms with Gasteiger partial charge in [-0.2, -0.15) is 11.8 Å². The van der Waals surface area contributed by atoms with Gasteiger partial charge in [0, 0.05) is 4.75 Å². The Labute approximate surface area is 118 Å². The molecule has 2 atom stereocenters. The Bertz CT molecular complexity index is 533. The van der Waals surface area contributed by atoms with Crippen molar-refractivity contribution in [3.63, 3.8) is 0 Å². The second kappa shape index (κ2) is 5.66. The lowest BCUT2D eigenvalue weighted by Gasteiger charge is -2.34. The van der Waals surface area contributed by atoms with E-state index >= 15 is 0 Å². The Morgan fingerprint density at radius 2 is 2.11 bits per heavy atom. The van der Waals surface area contributed by atoms with Crippen LogP contribution in [0.25, 0.3) is 0 Å². The maximum atomic E-state index is 11.3. The highest BCUT2D eigenvalue weighted by Crippen LogP contribution is 2.38. The molecular formula is C16H18O2S. The van der Waals surface area contributed by atoms with Crippen molar-refractivity contribution in [3.8, 4) is 0 Å². The van der Waals surface area contributed by atoms with E-state index in [0.29, 0.717) is 11.5 Å². The molecule has 3 heteroatoms. The fourth-order valence-electron chi connectivity index (χ4n) is 2.39. The second-order valence-corrected chi connectivity index (χ2v) is 6.19. The normalized spacial score (nSPS) is 25.5. The van der Waals surface area contributed by atoms with Gasteiger partial charge in [-0.05, 0) is 37.1 Å². The van der Waals surface area contributed by atoms with Gasteiger partial charge in [-0.15, -0.1) is 0 Å². The van der Waals surface area contributed by atoms with Gasteiger partial charge in [-0.1, -0.05) is 42.5 Å². The van der Waals surface area contributed by atoms with E-state index in [1.165, 1.54) is 0 Å². The third-order valence-electron chi connectivity index (χ3n) is 3.75. The molecule has 0 spiro atoms. The zero-order chi connectivity index (χ0) is 13.9. The minimum atomic E-state index is -0.850. The summed E-state index contributed by atoms with van der Waals surface area (Å²) in [5.41, 5.74) is 1.31. The zero-order valence-electron chi connectivity index (χ0n) is 11.2. The van der Waals surface area contributed by atoms with E-state index in [-0.39, 0.29) is 4.75 Å². The van der Waals surface area contributed by atoms with E-state index in [2.05, 4.69) is 31.4 Å². The van der Waals surface area contributed by atoms with Crippen molar-refractivity contribution in [1.29, 1.82) is 0 Å². The first-order valence-electron chi connectivity index (χ1n) is 6.29. The highest BCUT2D eigenvalue weighted by Gasteiger charge is 2.31. The molecular weight excluding hydrogens is 256 g/mol. The highest BCUT2D eigenvalue weighted by molar-refractivity contribution is 8.00. The molecule has 1 N–H and O–H groups in total. The van der Waals surface area contributed by atoms with Gasteiger partial charge in [-0.25, -0.2) is 4.79 Å². The molecule has 1 aliphatic rings. The molecule has 2 rings (SSSR count). The van der Waals surface area contributed by atoms with E-state index in [9.17, 15) is 9.90 Å². The minimum absolute atomic E-state index is 0.0281. The van der Waals surface area contributed by atoms with Crippen LogP contribution >= 0.6 is 11.8 Å². The molecule has 2 nitrogen and oxygen atoms in total. The maximum Gasteiger partial charge on any atom is 0.335 e. The predicted molar refractivity (Wildman–Crippen MR) is 80.8 cm³/mol. The molecule has 1 aromatic carbocycles. The number of carboxylic acid groups (broad SMARTS) is 1. The van der Waals surface area contributed by atoms with Crippen LogP contribution < -0.4 is 0 Å². The van der Waals surface area contributed by atoms with E-state index < -0.39 is 5.97 Å². The summed E-state index contributed by atoms with van der Waals surface area (Å²) in [5.74, 6) is -0.537. The van der Waals surface area contributed by atoms with E-state index in [1.807, 2.05) is 18.2 Å². The summed E-state index contributed by atoms with van der Waals surface area (Å²) in [6, 6.07) is 7.27. The molecule has 0 radical (unpaired) electrons. The van der Waals surface area contributed by atoms with Crippen LogP contribution in [0.15, 0.2) is 48.6 Å². The van der Waals surface area contributed by atoms with Crippen molar-refractivity contribution in [1.82, 2.24) is 0 Å². The molecule has 2 unspecified atom stereocenters. The number of carboxylic acids is 1. The summed E-state index contributed by atoms with van der Waals surface area (Å²) < 4.78 is 0.0281. The smallest absolute Gasteiger partial charge is 0.335 e. The van der Waals surface area contributed by atoms with Gasteiger partial charge in [0.1, 0.15) is 0 Å². The lowest BCUT2D eigenvalue weighted by Crippen LogP contribution is -2.30. The Kier molecular flexibility index (Phi) is 4.15. The predicted octanol–water partition coefficient (Wildman–Crippen LogP) is 3.79. The van der Waals surface area contributed by atoms with Crippen LogP contribution in [-0.4, -0.2) is 22.1 Å². The SMILES string of the molecule is CSC1(C)C=CC=CC1Cc1ccccc1C(=O)O. The second-order valence-electron chi connectivity index (χ2n) is 4.90. The largest absolute Gasteiger partial charge is 0.478 e. The Morgan fingerprint density at radius 3 is 2.79 bits per heavy atom. The Hall–Kier alpha value is -1.48. The van der Waals surface area contributed by atoms with Crippen molar-refractivity contribution < 1.29 is 9.90 Å². The maximum absolute atomic E-state index is 11.3. The van der Waals surface area contributed by atoms with Crippen LogP contribution in [-0.2, 0) is 6.42 Å². The van der Waals surface area contributed by atoms with E-state index in [1.54, 1.807) is 23.9 Å². The van der Waals surface area contributed by atoms with Gasteiger partial charge in [0.2, 0.25) is 0 Å². The number of rotatable bonds is 4. The lowest BCUT2D eigenvalue weighted by atomic mass is 9.83. The fourth-order valence-corrected chi connectivity index (χ4v) is 3.07. The van der Waals surface area contributed by atoms with Crippen LogP contribution in [0.3, 0.4) is 0 Å². The summed E-state index contributed by atoms with van der Waals surface area (Å²) in [7, 11) is 0. The number of hydrogen-bond donors (Lipinski definition) is 1. The summed E-state index contributed by atoms with van der Waals surface area (Å²) >= 11 is 1.80. The molecule has 0 bridgehead atoms. The molecule has 0 saturated heterocycles. The van der Waals surface area contributed by atoms with Gasteiger partial charge in [0.25, 0.3) is 0 Å². The van der Waals surface area contributed by atoms with Crippen LogP contribution in [0, 0.1) is 5.92 Å². The quantitative estimate of drug-likeness (QED) is 0.907. The van der Waals surface area contributed by atoms with Crippen molar-refractivity contribution >= 4 is 17.7 Å². The van der Waals surface area contributed by atoms with Gasteiger partial charge in [-0.3, -0.25) is 0 Å². The monoisotopic (exact) mass is 274 g/mol. The molecule has 1 aliphatic carbocycles. The molecule has 0 heterocycles. The fraction of sp³-hybridized carbons (Fsp3) is 0.312. The summed E-state index contributed by atoms with van der Waals surface area (Å²) in [4.78, 5) is 11.3. The molecule has 0 aromatic heterocycles. The zero-order valence-corrected chi connectivity index (χ0v) is 12.0. The first-order valence-corrected chi connectivity index (χ1v) is 7.51. The number of allylic oxidation sites excluding steroid dienone is 3. The van der Waals surface area contributed by atoms with E-state index in [0.717, 1.165) is 12.0 Å². The van der Waals surface area contributed by atoms with Crippen LogP contribution in [0.1, 0.15) is 22.8 Å². The first-order chi connectivity index (χ1) is 9.07. The number of hydrogen-bond acceptors (Lipinski definition) is 2. The van der Waals surface area contributed by atoms with Gasteiger partial charge >= 0.3 is 5.97 Å². The van der Waals surface area contributed by atoms with Crippen LogP contribution in [0.4, 0.5) is 0 Å². The lowest BCUT2D eigenvalue weighted by molar-refractivity contribution is 0.0695. The number of aromatic carboxylic acids is 1. The molecule has 1 aromatic rings. The van der Waals surface area contributed by atoms with Crippen molar-refractivity contribution in [2.24, 2.45) is 5.92 Å². The van der Waals surface area contributed by atoms with Crippen molar-refractivity contribution in [3.05, 3.63) is 59.7 Å². The topological polar surface area (TPSA) is 37.3 Å². The van der Waals surface area contributed by atoms with Gasteiger partial charge in [0.15, 0.2) is 0 Å². The van der Waals surface area contributed by atoms with E-state index in [4.69, 9.17) is 0 Å². The summed E-state index contributed by atoms with van der Waals surface area (Å²) in [6.07, 6.45) is 11.3. The first kappa shape index (κ1) is 13.9. The number of benzene rings is 1. The van der Waals surface area contributed by atoms with Crippen LogP contribution in [0.5, 0.6) is 0 Å². The van der Waals surface area contributed by atoms with Crippen LogP contribution in [0.2, 0.25) is 0 Å². The average molecular weight is 274 g/mol. The Balaban J connectivity index is 2.28. The highest BCUT2D eigenvalue weighted by atomic mass is 32.2. The van der Waals surface area contributed by atoms with Gasteiger partial charge in [0.05, 0.1) is 5.56 Å². The number of thioether (sulfide) groups is 1. The average Bonchev–Trinajstić information content (AvgIpc) is 2.42. The molecule has 0 amide bonds. The summed E-state index contributed by atoms with van der Waals surface area (Å²) in [5, 5.41) is 9.25. The third kappa shape index (κ3) is 2.92. The molecule has 0 saturated carbocycles. The third-order valence-corrected chi connectivity index (χ3v) is 5.06. The van der Waals surface area contributed by atoms with Gasteiger partial charge < -0.3 is 5.11 Å². The minimum Gasteiger partial charge on any atom is -0.478 e. The standard InChI is InChI=1S/C16H18O2S/c1-16(19-2)10-6-5-8-13(16)11-12-7-3-4-9-14(12)15(17)18/h3-10,13H,11H2,1-2H3,(H,17,18).